The molecule has 0 bridgehead atoms. The predicted octanol–water partition coefficient (Wildman–Crippen LogP) is 3.29. The van der Waals surface area contributed by atoms with E-state index in [0.717, 1.165) is 12.0 Å². The number of benzene rings is 2. The molecule has 0 fully saturated rings. The first-order valence-electron chi connectivity index (χ1n) is 6.09. The van der Waals surface area contributed by atoms with Crippen LogP contribution in [0.3, 0.4) is 0 Å². The van der Waals surface area contributed by atoms with Gasteiger partial charge < -0.3 is 5.73 Å². The molecule has 3 N–H and O–H groups in total. The Kier molecular flexibility index (Phi) is 4.20. The Bertz CT molecular complexity index is 712. The first kappa shape index (κ1) is 14.7. The number of sulfonamides is 1. The van der Waals surface area contributed by atoms with Crippen molar-refractivity contribution >= 4 is 33.0 Å². The number of hydrogen-bond acceptors (Lipinski definition) is 3. The number of hydrogen-bond donors (Lipinski definition) is 2. The second-order valence-electron chi connectivity index (χ2n) is 4.34. The second kappa shape index (κ2) is 5.73. The van der Waals surface area contributed by atoms with E-state index in [-0.39, 0.29) is 4.90 Å². The van der Waals surface area contributed by atoms with Crippen LogP contribution in [0.5, 0.6) is 0 Å². The molecule has 0 saturated carbocycles. The largest absolute Gasteiger partial charge is 0.398 e. The molecule has 0 atom stereocenters. The van der Waals surface area contributed by atoms with Crippen LogP contribution in [-0.2, 0) is 16.4 Å². The molecule has 2 rings (SSSR count). The molecular formula is C14H15ClN2O2S. The lowest BCUT2D eigenvalue weighted by Gasteiger charge is -2.09. The molecule has 0 aromatic heterocycles. The van der Waals surface area contributed by atoms with E-state index in [1.807, 2.05) is 6.92 Å². The van der Waals surface area contributed by atoms with Crippen LogP contribution in [0.1, 0.15) is 12.5 Å². The van der Waals surface area contributed by atoms with Gasteiger partial charge in [-0.2, -0.15) is 0 Å². The van der Waals surface area contributed by atoms with Crippen LogP contribution in [0.15, 0.2) is 47.4 Å². The Morgan fingerprint density at radius 3 is 2.35 bits per heavy atom. The van der Waals surface area contributed by atoms with E-state index in [0.29, 0.717) is 16.4 Å². The van der Waals surface area contributed by atoms with Gasteiger partial charge in [-0.1, -0.05) is 30.7 Å². The van der Waals surface area contributed by atoms with Gasteiger partial charge in [-0.25, -0.2) is 8.42 Å². The highest BCUT2D eigenvalue weighted by Crippen LogP contribution is 2.24. The Hall–Kier alpha value is -1.72. The smallest absolute Gasteiger partial charge is 0.261 e. The highest BCUT2D eigenvalue weighted by Gasteiger charge is 2.14. The molecule has 0 radical (unpaired) electrons. The lowest BCUT2D eigenvalue weighted by molar-refractivity contribution is 0.601. The first-order chi connectivity index (χ1) is 9.42. The normalized spacial score (nSPS) is 11.3. The average Bonchev–Trinajstić information content (AvgIpc) is 2.43. The lowest BCUT2D eigenvalue weighted by atomic mass is 10.2. The zero-order valence-electron chi connectivity index (χ0n) is 10.9. The summed E-state index contributed by atoms with van der Waals surface area (Å²) in [5.74, 6) is 0. The molecule has 0 saturated heterocycles. The SMILES string of the molecule is CCc1ccc(S(=O)(=O)Nc2ccc(N)c(Cl)c2)cc1. The summed E-state index contributed by atoms with van der Waals surface area (Å²) in [6.07, 6.45) is 0.862. The van der Waals surface area contributed by atoms with Crippen molar-refractivity contribution in [3.8, 4) is 0 Å². The van der Waals surface area contributed by atoms with Crippen LogP contribution in [0.25, 0.3) is 0 Å². The summed E-state index contributed by atoms with van der Waals surface area (Å²) in [6.45, 7) is 2.01. The molecule has 20 heavy (non-hydrogen) atoms. The Labute approximate surface area is 123 Å². The van der Waals surface area contributed by atoms with Gasteiger partial charge in [-0.15, -0.1) is 0 Å². The minimum atomic E-state index is -3.62. The monoisotopic (exact) mass is 310 g/mol. The van der Waals surface area contributed by atoms with E-state index < -0.39 is 10.0 Å². The summed E-state index contributed by atoms with van der Waals surface area (Å²) >= 11 is 5.87. The van der Waals surface area contributed by atoms with Crippen LogP contribution >= 0.6 is 11.6 Å². The van der Waals surface area contributed by atoms with Gasteiger partial charge in [-0.3, -0.25) is 4.72 Å². The highest BCUT2D eigenvalue weighted by atomic mass is 35.5. The lowest BCUT2D eigenvalue weighted by Crippen LogP contribution is -2.13. The van der Waals surface area contributed by atoms with Crippen LogP contribution < -0.4 is 10.5 Å². The van der Waals surface area contributed by atoms with Crippen molar-refractivity contribution < 1.29 is 8.42 Å². The van der Waals surface area contributed by atoms with Crippen molar-refractivity contribution in [2.24, 2.45) is 0 Å². The summed E-state index contributed by atoms with van der Waals surface area (Å²) < 4.78 is 26.9. The maximum Gasteiger partial charge on any atom is 0.261 e. The number of nitrogens with one attached hydrogen (secondary N) is 1. The van der Waals surface area contributed by atoms with E-state index in [1.54, 1.807) is 36.4 Å². The third kappa shape index (κ3) is 3.23. The number of rotatable bonds is 4. The van der Waals surface area contributed by atoms with Crippen LogP contribution in [0.2, 0.25) is 5.02 Å². The molecule has 106 valence electrons. The number of nitrogens with two attached hydrogens (primary N) is 1. The fraction of sp³-hybridized carbons (Fsp3) is 0.143. The molecule has 0 heterocycles. The van der Waals surface area contributed by atoms with E-state index in [2.05, 4.69) is 4.72 Å². The molecule has 0 spiro atoms. The highest BCUT2D eigenvalue weighted by molar-refractivity contribution is 7.92. The predicted molar refractivity (Wildman–Crippen MR) is 82.5 cm³/mol. The molecule has 0 aliphatic rings. The molecular weight excluding hydrogens is 296 g/mol. The summed E-state index contributed by atoms with van der Waals surface area (Å²) in [6, 6.07) is 11.4. The minimum Gasteiger partial charge on any atom is -0.398 e. The minimum absolute atomic E-state index is 0.211. The van der Waals surface area contributed by atoms with Gasteiger partial charge in [-0.05, 0) is 42.3 Å². The standard InChI is InChI=1S/C14H15ClN2O2S/c1-2-10-3-6-12(7-4-10)20(18,19)17-11-5-8-14(16)13(15)9-11/h3-9,17H,2,16H2,1H3. The van der Waals surface area contributed by atoms with Gasteiger partial charge >= 0.3 is 0 Å². The van der Waals surface area contributed by atoms with E-state index >= 15 is 0 Å². The van der Waals surface area contributed by atoms with Gasteiger partial charge in [0.2, 0.25) is 0 Å². The van der Waals surface area contributed by atoms with Gasteiger partial charge in [0.15, 0.2) is 0 Å². The molecule has 2 aromatic carbocycles. The molecule has 0 aliphatic carbocycles. The molecule has 6 heteroatoms. The van der Waals surface area contributed by atoms with Gasteiger partial charge in [0.25, 0.3) is 10.0 Å². The van der Waals surface area contributed by atoms with E-state index in [9.17, 15) is 8.42 Å². The maximum absolute atomic E-state index is 12.2. The molecule has 0 amide bonds. The van der Waals surface area contributed by atoms with Gasteiger partial charge in [0.1, 0.15) is 0 Å². The van der Waals surface area contributed by atoms with Gasteiger partial charge in [0.05, 0.1) is 21.3 Å². The summed E-state index contributed by atoms with van der Waals surface area (Å²) in [4.78, 5) is 0.211. The van der Waals surface area contributed by atoms with Crippen LogP contribution in [0.4, 0.5) is 11.4 Å². The molecule has 0 unspecified atom stereocenters. The van der Waals surface area contributed by atoms with Gasteiger partial charge in [0, 0.05) is 0 Å². The quantitative estimate of drug-likeness (QED) is 0.851. The van der Waals surface area contributed by atoms with Crippen molar-refractivity contribution in [3.63, 3.8) is 0 Å². The number of nitrogen functional groups attached to an aromatic ring is 1. The number of anilines is 2. The third-order valence-electron chi connectivity index (χ3n) is 2.89. The fourth-order valence-corrected chi connectivity index (χ4v) is 2.94. The second-order valence-corrected chi connectivity index (χ2v) is 6.43. The molecule has 2 aromatic rings. The van der Waals surface area contributed by atoms with Crippen molar-refractivity contribution in [2.75, 3.05) is 10.5 Å². The zero-order valence-corrected chi connectivity index (χ0v) is 12.5. The topological polar surface area (TPSA) is 72.2 Å². The van der Waals surface area contributed by atoms with Crippen LogP contribution in [-0.4, -0.2) is 8.42 Å². The first-order valence-corrected chi connectivity index (χ1v) is 7.95. The van der Waals surface area contributed by atoms with Crippen molar-refractivity contribution in [1.29, 1.82) is 0 Å². The summed E-state index contributed by atoms with van der Waals surface area (Å²) in [7, 11) is -3.62. The average molecular weight is 311 g/mol. The fourth-order valence-electron chi connectivity index (χ4n) is 1.71. The number of halogens is 1. The number of aryl methyl sites for hydroxylation is 1. The zero-order chi connectivity index (χ0) is 14.8. The van der Waals surface area contributed by atoms with E-state index in [1.165, 1.54) is 6.07 Å². The summed E-state index contributed by atoms with van der Waals surface area (Å²) in [5, 5.41) is 0.312. The van der Waals surface area contributed by atoms with Crippen molar-refractivity contribution in [3.05, 3.63) is 53.1 Å². The third-order valence-corrected chi connectivity index (χ3v) is 4.62. The molecule has 4 nitrogen and oxygen atoms in total. The Balaban J connectivity index is 2.27. The summed E-state index contributed by atoms with van der Waals surface area (Å²) in [5.41, 5.74) is 7.45. The maximum atomic E-state index is 12.2. The van der Waals surface area contributed by atoms with Crippen molar-refractivity contribution in [1.82, 2.24) is 0 Å². The molecule has 0 aliphatic heterocycles. The van der Waals surface area contributed by atoms with E-state index in [4.69, 9.17) is 17.3 Å². The Morgan fingerprint density at radius 2 is 1.80 bits per heavy atom. The van der Waals surface area contributed by atoms with Crippen LogP contribution in [0, 0.1) is 0 Å². The van der Waals surface area contributed by atoms with Crippen molar-refractivity contribution in [2.45, 2.75) is 18.2 Å². The Morgan fingerprint density at radius 1 is 1.15 bits per heavy atom.